The highest BCUT2D eigenvalue weighted by molar-refractivity contribution is 5.42. The van der Waals surface area contributed by atoms with E-state index in [-0.39, 0.29) is 0 Å². The SMILES string of the molecule is Cc1cc(NCCCN(C)Cc2ccccc2)ccn1. The molecule has 3 heteroatoms. The van der Waals surface area contributed by atoms with Gasteiger partial charge in [0.25, 0.3) is 0 Å². The predicted molar refractivity (Wildman–Crippen MR) is 84.9 cm³/mol. The van der Waals surface area contributed by atoms with Crippen LogP contribution in [0.4, 0.5) is 5.69 Å². The van der Waals surface area contributed by atoms with Crippen molar-refractivity contribution in [3.8, 4) is 0 Å². The summed E-state index contributed by atoms with van der Waals surface area (Å²) in [6.07, 6.45) is 2.98. The Hall–Kier alpha value is -1.87. The summed E-state index contributed by atoms with van der Waals surface area (Å²) in [5.74, 6) is 0. The molecule has 2 rings (SSSR count). The van der Waals surface area contributed by atoms with Crippen molar-refractivity contribution >= 4 is 5.69 Å². The molecular formula is C17H23N3. The minimum atomic E-state index is 0.989. The Kier molecular flexibility index (Phi) is 5.56. The van der Waals surface area contributed by atoms with Crippen molar-refractivity contribution in [2.24, 2.45) is 0 Å². The molecule has 1 N–H and O–H groups in total. The Morgan fingerprint density at radius 3 is 2.70 bits per heavy atom. The summed E-state index contributed by atoms with van der Waals surface area (Å²) in [5.41, 5.74) is 3.58. The van der Waals surface area contributed by atoms with E-state index in [4.69, 9.17) is 0 Å². The number of anilines is 1. The molecule has 0 unspecified atom stereocenters. The van der Waals surface area contributed by atoms with Gasteiger partial charge in [-0.15, -0.1) is 0 Å². The predicted octanol–water partition coefficient (Wildman–Crippen LogP) is 3.32. The molecule has 3 nitrogen and oxygen atoms in total. The lowest BCUT2D eigenvalue weighted by Gasteiger charge is -2.17. The van der Waals surface area contributed by atoms with Crippen LogP contribution in [0.1, 0.15) is 17.7 Å². The van der Waals surface area contributed by atoms with Crippen LogP contribution in [0.25, 0.3) is 0 Å². The van der Waals surface area contributed by atoms with Crippen LogP contribution in [0.5, 0.6) is 0 Å². The lowest BCUT2D eigenvalue weighted by molar-refractivity contribution is 0.325. The zero-order valence-electron chi connectivity index (χ0n) is 12.3. The van der Waals surface area contributed by atoms with Crippen molar-refractivity contribution in [2.45, 2.75) is 19.9 Å². The fraction of sp³-hybridized carbons (Fsp3) is 0.353. The van der Waals surface area contributed by atoms with E-state index in [0.29, 0.717) is 0 Å². The molecule has 0 aliphatic carbocycles. The van der Waals surface area contributed by atoms with Crippen LogP contribution in [-0.2, 0) is 6.54 Å². The first-order chi connectivity index (χ1) is 9.74. The maximum absolute atomic E-state index is 4.19. The Labute approximate surface area is 121 Å². The van der Waals surface area contributed by atoms with E-state index >= 15 is 0 Å². The minimum Gasteiger partial charge on any atom is -0.385 e. The zero-order valence-corrected chi connectivity index (χ0v) is 12.3. The monoisotopic (exact) mass is 269 g/mol. The second-order valence-corrected chi connectivity index (χ2v) is 5.19. The van der Waals surface area contributed by atoms with Gasteiger partial charge in [-0.3, -0.25) is 4.98 Å². The van der Waals surface area contributed by atoms with Crippen LogP contribution >= 0.6 is 0 Å². The summed E-state index contributed by atoms with van der Waals surface area (Å²) in [6.45, 7) is 5.10. The average Bonchev–Trinajstić information content (AvgIpc) is 2.45. The van der Waals surface area contributed by atoms with Gasteiger partial charge in [0.15, 0.2) is 0 Å². The van der Waals surface area contributed by atoms with Crippen molar-refractivity contribution in [1.29, 1.82) is 0 Å². The van der Waals surface area contributed by atoms with Gasteiger partial charge >= 0.3 is 0 Å². The number of aromatic nitrogens is 1. The van der Waals surface area contributed by atoms with Crippen molar-refractivity contribution in [1.82, 2.24) is 9.88 Å². The third-order valence-electron chi connectivity index (χ3n) is 3.24. The fourth-order valence-corrected chi connectivity index (χ4v) is 2.21. The normalized spacial score (nSPS) is 10.8. The van der Waals surface area contributed by atoms with Crippen LogP contribution in [0.3, 0.4) is 0 Å². The minimum absolute atomic E-state index is 0.989. The lowest BCUT2D eigenvalue weighted by Crippen LogP contribution is -2.21. The third-order valence-corrected chi connectivity index (χ3v) is 3.24. The number of aryl methyl sites for hydroxylation is 1. The lowest BCUT2D eigenvalue weighted by atomic mass is 10.2. The van der Waals surface area contributed by atoms with Crippen molar-refractivity contribution in [3.05, 3.63) is 59.9 Å². The summed E-state index contributed by atoms with van der Waals surface area (Å²) in [6, 6.07) is 14.7. The highest BCUT2D eigenvalue weighted by Crippen LogP contribution is 2.07. The van der Waals surface area contributed by atoms with Crippen molar-refractivity contribution in [2.75, 3.05) is 25.5 Å². The molecule has 20 heavy (non-hydrogen) atoms. The Bertz CT molecular complexity index is 511. The molecule has 0 spiro atoms. The van der Waals surface area contributed by atoms with Gasteiger partial charge in [-0.1, -0.05) is 30.3 Å². The maximum atomic E-state index is 4.19. The summed E-state index contributed by atoms with van der Waals surface area (Å²) >= 11 is 0. The van der Waals surface area contributed by atoms with E-state index < -0.39 is 0 Å². The highest BCUT2D eigenvalue weighted by atomic mass is 15.1. The van der Waals surface area contributed by atoms with Crippen LogP contribution in [0, 0.1) is 6.92 Å². The third kappa shape index (κ3) is 5.02. The second kappa shape index (κ2) is 7.65. The molecule has 0 bridgehead atoms. The molecule has 0 aliphatic heterocycles. The van der Waals surface area contributed by atoms with Gasteiger partial charge in [0.2, 0.25) is 0 Å². The van der Waals surface area contributed by atoms with Gasteiger partial charge in [0.1, 0.15) is 0 Å². The first kappa shape index (κ1) is 14.5. The molecular weight excluding hydrogens is 246 g/mol. The van der Waals surface area contributed by atoms with E-state index in [0.717, 1.165) is 37.4 Å². The topological polar surface area (TPSA) is 28.2 Å². The summed E-state index contributed by atoms with van der Waals surface area (Å²) < 4.78 is 0. The number of nitrogens with zero attached hydrogens (tertiary/aromatic N) is 2. The first-order valence-electron chi connectivity index (χ1n) is 7.13. The molecule has 2 aromatic rings. The van der Waals surface area contributed by atoms with Crippen molar-refractivity contribution < 1.29 is 0 Å². The molecule has 0 fully saturated rings. The largest absolute Gasteiger partial charge is 0.385 e. The maximum Gasteiger partial charge on any atom is 0.0393 e. The molecule has 0 aliphatic rings. The van der Waals surface area contributed by atoms with Crippen LogP contribution in [0.15, 0.2) is 48.7 Å². The summed E-state index contributed by atoms with van der Waals surface area (Å²) in [4.78, 5) is 6.55. The molecule has 0 saturated carbocycles. The number of nitrogens with one attached hydrogen (secondary N) is 1. The van der Waals surface area contributed by atoms with Crippen LogP contribution in [0.2, 0.25) is 0 Å². The fourth-order valence-electron chi connectivity index (χ4n) is 2.21. The molecule has 1 heterocycles. The van der Waals surface area contributed by atoms with E-state index in [9.17, 15) is 0 Å². The zero-order chi connectivity index (χ0) is 14.2. The summed E-state index contributed by atoms with van der Waals surface area (Å²) in [7, 11) is 2.17. The highest BCUT2D eigenvalue weighted by Gasteiger charge is 2.00. The first-order valence-corrected chi connectivity index (χ1v) is 7.13. The van der Waals surface area contributed by atoms with Gasteiger partial charge in [0, 0.05) is 30.7 Å². The van der Waals surface area contributed by atoms with Crippen LogP contribution in [-0.4, -0.2) is 30.0 Å². The number of pyridine rings is 1. The number of benzene rings is 1. The number of rotatable bonds is 7. The molecule has 0 atom stereocenters. The van der Waals surface area contributed by atoms with Gasteiger partial charge in [-0.25, -0.2) is 0 Å². The average molecular weight is 269 g/mol. The van der Waals surface area contributed by atoms with E-state index in [1.165, 1.54) is 5.56 Å². The van der Waals surface area contributed by atoms with Gasteiger partial charge in [-0.05, 0) is 44.6 Å². The van der Waals surface area contributed by atoms with Crippen LogP contribution < -0.4 is 5.32 Å². The van der Waals surface area contributed by atoms with E-state index in [2.05, 4.69) is 58.6 Å². The number of hydrogen-bond donors (Lipinski definition) is 1. The Morgan fingerprint density at radius 1 is 1.15 bits per heavy atom. The Balaban J connectivity index is 1.66. The quantitative estimate of drug-likeness (QED) is 0.782. The smallest absolute Gasteiger partial charge is 0.0393 e. The van der Waals surface area contributed by atoms with Gasteiger partial charge in [0.05, 0.1) is 0 Å². The molecule has 0 saturated heterocycles. The Morgan fingerprint density at radius 2 is 1.95 bits per heavy atom. The molecule has 1 aromatic carbocycles. The number of hydrogen-bond acceptors (Lipinski definition) is 3. The van der Waals surface area contributed by atoms with Crippen molar-refractivity contribution in [3.63, 3.8) is 0 Å². The van der Waals surface area contributed by atoms with Gasteiger partial charge in [-0.2, -0.15) is 0 Å². The second-order valence-electron chi connectivity index (χ2n) is 5.19. The van der Waals surface area contributed by atoms with E-state index in [1.807, 2.05) is 19.2 Å². The standard InChI is InChI=1S/C17H23N3/c1-15-13-17(9-11-18-15)19-10-6-12-20(2)14-16-7-4-3-5-8-16/h3-5,7-9,11,13H,6,10,12,14H2,1-2H3,(H,18,19). The molecule has 0 radical (unpaired) electrons. The molecule has 106 valence electrons. The summed E-state index contributed by atoms with van der Waals surface area (Å²) in [5, 5.41) is 3.44. The molecule has 0 amide bonds. The molecule has 1 aromatic heterocycles. The van der Waals surface area contributed by atoms with E-state index in [1.54, 1.807) is 0 Å². The van der Waals surface area contributed by atoms with Gasteiger partial charge < -0.3 is 10.2 Å².